The predicted octanol–water partition coefficient (Wildman–Crippen LogP) is 2.94. The number of anilines is 2. The molecule has 3 aromatic rings. The molecule has 4 N–H and O–H groups in total. The van der Waals surface area contributed by atoms with Crippen LogP contribution in [-0.2, 0) is 25.7 Å². The molecule has 0 aliphatic heterocycles. The summed E-state index contributed by atoms with van der Waals surface area (Å²) in [6.07, 6.45) is 1.16. The van der Waals surface area contributed by atoms with Crippen molar-refractivity contribution in [3.8, 4) is 5.75 Å². The Bertz CT molecular complexity index is 1320. The molecule has 11 nitrogen and oxygen atoms in total. The van der Waals surface area contributed by atoms with Crippen LogP contribution in [-0.4, -0.2) is 37.0 Å². The van der Waals surface area contributed by atoms with Crippen molar-refractivity contribution < 1.29 is 28.3 Å². The smallest absolute Gasteiger partial charge is 0.329 e. The highest BCUT2D eigenvalue weighted by Gasteiger charge is 2.16. The molecule has 0 aliphatic rings. The Kier molecular flexibility index (Phi) is 9.03. The lowest BCUT2D eigenvalue weighted by atomic mass is 10.3. The summed E-state index contributed by atoms with van der Waals surface area (Å²) in [5.74, 6) is -2.93. The van der Waals surface area contributed by atoms with Crippen LogP contribution in [0.3, 0.4) is 0 Å². The van der Waals surface area contributed by atoms with Gasteiger partial charge in [0.15, 0.2) is 0 Å². The summed E-state index contributed by atoms with van der Waals surface area (Å²) in [7, 11) is 1.40. The molecule has 0 unspecified atom stereocenters. The van der Waals surface area contributed by atoms with E-state index in [1.165, 1.54) is 37.4 Å². The van der Waals surface area contributed by atoms with Crippen LogP contribution in [0.5, 0.6) is 5.75 Å². The number of nitrogens with zero attached hydrogens (tertiary/aromatic N) is 1. The number of carbonyl (C=O) groups is 4. The van der Waals surface area contributed by atoms with Crippen LogP contribution >= 0.6 is 23.2 Å². The number of hydrogen-bond donors (Lipinski definition) is 4. The van der Waals surface area contributed by atoms with Gasteiger partial charge in [0.05, 0.1) is 25.6 Å². The molecule has 0 fully saturated rings. The molecule has 0 spiro atoms. The minimum Gasteiger partial charge on any atom is -0.495 e. The fourth-order valence-electron chi connectivity index (χ4n) is 2.72. The van der Waals surface area contributed by atoms with Gasteiger partial charge in [-0.1, -0.05) is 29.3 Å². The molecule has 1 heterocycles. The molecular weight excluding hydrogens is 513 g/mol. The van der Waals surface area contributed by atoms with Gasteiger partial charge in [-0.25, -0.2) is 5.43 Å². The second-order valence-corrected chi connectivity index (χ2v) is 7.82. The van der Waals surface area contributed by atoms with E-state index in [1.54, 1.807) is 24.3 Å². The normalized spacial score (nSPS) is 10.5. The minimum absolute atomic E-state index is 0.0775. The van der Waals surface area contributed by atoms with Crippen LogP contribution in [0.2, 0.25) is 10.0 Å². The number of rotatable bonds is 7. The molecular formula is C23H19Cl2N5O6. The lowest BCUT2D eigenvalue weighted by Crippen LogP contribution is -2.34. The van der Waals surface area contributed by atoms with Crippen molar-refractivity contribution in [1.29, 1.82) is 0 Å². The van der Waals surface area contributed by atoms with E-state index in [1.807, 2.05) is 0 Å². The van der Waals surface area contributed by atoms with Crippen molar-refractivity contribution in [3.05, 3.63) is 76.2 Å². The predicted molar refractivity (Wildman–Crippen MR) is 133 cm³/mol. The van der Waals surface area contributed by atoms with E-state index in [0.29, 0.717) is 27.2 Å². The third-order valence-corrected chi connectivity index (χ3v) is 4.84. The zero-order valence-electron chi connectivity index (χ0n) is 18.6. The Morgan fingerprint density at radius 1 is 0.917 bits per heavy atom. The largest absolute Gasteiger partial charge is 0.495 e. The molecule has 36 heavy (non-hydrogen) atoms. The summed E-state index contributed by atoms with van der Waals surface area (Å²) in [4.78, 5) is 48.0. The summed E-state index contributed by atoms with van der Waals surface area (Å²) in [6.45, 7) is -0.0775. The summed E-state index contributed by atoms with van der Waals surface area (Å²) in [6, 6.07) is 13.9. The SMILES string of the molecule is COc1ccc(Cl)cc1NC(=O)C(=O)N/N=C/c1ccc(CNC(=O)C(=O)Nc2cccc(Cl)c2)o1. The highest BCUT2D eigenvalue weighted by molar-refractivity contribution is 6.40. The monoisotopic (exact) mass is 531 g/mol. The summed E-state index contributed by atoms with van der Waals surface area (Å²) < 4.78 is 10.5. The molecule has 13 heteroatoms. The van der Waals surface area contributed by atoms with E-state index in [-0.39, 0.29) is 18.0 Å². The average molecular weight is 532 g/mol. The van der Waals surface area contributed by atoms with Gasteiger partial charge in [0.1, 0.15) is 17.3 Å². The van der Waals surface area contributed by atoms with Crippen molar-refractivity contribution in [3.63, 3.8) is 0 Å². The highest BCUT2D eigenvalue weighted by atomic mass is 35.5. The molecule has 0 radical (unpaired) electrons. The molecule has 0 atom stereocenters. The summed E-state index contributed by atoms with van der Waals surface area (Å²) >= 11 is 11.7. The van der Waals surface area contributed by atoms with Crippen molar-refractivity contribution in [2.24, 2.45) is 5.10 Å². The van der Waals surface area contributed by atoms with Gasteiger partial charge in [0.2, 0.25) is 0 Å². The van der Waals surface area contributed by atoms with Gasteiger partial charge in [-0.2, -0.15) is 5.10 Å². The molecule has 0 saturated heterocycles. The number of furan rings is 1. The van der Waals surface area contributed by atoms with Crippen molar-refractivity contribution >= 4 is 64.4 Å². The Balaban J connectivity index is 1.46. The average Bonchev–Trinajstić information content (AvgIpc) is 3.30. The molecule has 2 aromatic carbocycles. The van der Waals surface area contributed by atoms with E-state index in [0.717, 1.165) is 6.21 Å². The zero-order chi connectivity index (χ0) is 26.1. The first kappa shape index (κ1) is 26.3. The van der Waals surface area contributed by atoms with Gasteiger partial charge in [-0.05, 0) is 48.5 Å². The molecule has 3 rings (SSSR count). The maximum atomic E-state index is 12.1. The van der Waals surface area contributed by atoms with Crippen LogP contribution in [0.1, 0.15) is 11.5 Å². The van der Waals surface area contributed by atoms with Crippen LogP contribution in [0, 0.1) is 0 Å². The second kappa shape index (κ2) is 12.4. The van der Waals surface area contributed by atoms with Gasteiger partial charge in [-0.15, -0.1) is 0 Å². The first-order valence-electron chi connectivity index (χ1n) is 10.2. The van der Waals surface area contributed by atoms with Gasteiger partial charge in [-0.3, -0.25) is 19.2 Å². The number of hydrogen-bond acceptors (Lipinski definition) is 7. The molecule has 4 amide bonds. The van der Waals surface area contributed by atoms with E-state index < -0.39 is 23.6 Å². The topological polar surface area (TPSA) is 151 Å². The maximum absolute atomic E-state index is 12.1. The number of benzene rings is 2. The highest BCUT2D eigenvalue weighted by Crippen LogP contribution is 2.27. The molecule has 0 bridgehead atoms. The molecule has 186 valence electrons. The first-order chi connectivity index (χ1) is 17.2. The van der Waals surface area contributed by atoms with Crippen LogP contribution in [0.25, 0.3) is 0 Å². The van der Waals surface area contributed by atoms with Crippen molar-refractivity contribution in [1.82, 2.24) is 10.7 Å². The van der Waals surface area contributed by atoms with Gasteiger partial charge in [0.25, 0.3) is 0 Å². The summed E-state index contributed by atoms with van der Waals surface area (Å²) in [5, 5.41) is 11.6. The summed E-state index contributed by atoms with van der Waals surface area (Å²) in [5.41, 5.74) is 2.65. The Hall–Kier alpha value is -4.35. The van der Waals surface area contributed by atoms with Gasteiger partial charge in [0, 0.05) is 15.7 Å². The Labute approximate surface area is 214 Å². The second-order valence-electron chi connectivity index (χ2n) is 6.95. The van der Waals surface area contributed by atoms with E-state index in [9.17, 15) is 19.2 Å². The van der Waals surface area contributed by atoms with E-state index in [4.69, 9.17) is 32.4 Å². The number of halogens is 2. The molecule has 0 aliphatic carbocycles. The van der Waals surface area contributed by atoms with Crippen LogP contribution < -0.4 is 26.1 Å². The third kappa shape index (κ3) is 7.58. The molecule has 0 saturated carbocycles. The van der Waals surface area contributed by atoms with Crippen LogP contribution in [0.15, 0.2) is 64.1 Å². The zero-order valence-corrected chi connectivity index (χ0v) is 20.1. The standard InChI is InChI=1S/C23H19Cl2N5O6/c1-35-19-8-5-14(25)10-18(19)29-22(33)23(34)30-27-12-17-7-6-16(36-17)11-26-20(31)21(32)28-15-4-2-3-13(24)9-15/h2-10,12H,11H2,1H3,(H,26,31)(H,28,32)(H,29,33)(H,30,34)/b27-12+. The number of hydrazone groups is 1. The third-order valence-electron chi connectivity index (χ3n) is 4.37. The van der Waals surface area contributed by atoms with Crippen LogP contribution in [0.4, 0.5) is 11.4 Å². The van der Waals surface area contributed by atoms with Crippen molar-refractivity contribution in [2.45, 2.75) is 6.54 Å². The van der Waals surface area contributed by atoms with Crippen molar-refractivity contribution in [2.75, 3.05) is 17.7 Å². The fourth-order valence-corrected chi connectivity index (χ4v) is 3.09. The fraction of sp³-hybridized carbons (Fsp3) is 0.0870. The molecule has 1 aromatic heterocycles. The minimum atomic E-state index is -1.04. The quantitative estimate of drug-likeness (QED) is 0.209. The number of nitrogens with one attached hydrogen (secondary N) is 4. The number of carbonyl (C=O) groups excluding carboxylic acids is 4. The van der Waals surface area contributed by atoms with Gasteiger partial charge < -0.3 is 25.1 Å². The first-order valence-corrected chi connectivity index (χ1v) is 10.9. The Morgan fingerprint density at radius 3 is 2.42 bits per heavy atom. The number of amides is 4. The lowest BCUT2D eigenvalue weighted by Gasteiger charge is -2.09. The Morgan fingerprint density at radius 2 is 1.67 bits per heavy atom. The number of methoxy groups -OCH3 is 1. The van der Waals surface area contributed by atoms with Gasteiger partial charge >= 0.3 is 23.6 Å². The van der Waals surface area contributed by atoms with E-state index >= 15 is 0 Å². The number of ether oxygens (including phenoxy) is 1. The van der Waals surface area contributed by atoms with E-state index in [2.05, 4.69) is 26.5 Å². The maximum Gasteiger partial charge on any atom is 0.329 e. The lowest BCUT2D eigenvalue weighted by molar-refractivity contribution is -0.136.